The van der Waals surface area contributed by atoms with Crippen LogP contribution in [0.5, 0.6) is 0 Å². The molecule has 1 nitrogen and oxygen atoms in total. The number of hydrogen-bond donors (Lipinski definition) is 1. The summed E-state index contributed by atoms with van der Waals surface area (Å²) in [5.41, 5.74) is 2.72. The summed E-state index contributed by atoms with van der Waals surface area (Å²) in [6.45, 7) is 0. The summed E-state index contributed by atoms with van der Waals surface area (Å²) >= 11 is 0. The zero-order chi connectivity index (χ0) is 16.0. The van der Waals surface area contributed by atoms with Gasteiger partial charge in [-0.05, 0) is 16.7 Å². The molecule has 0 unspecified atom stereocenters. The van der Waals surface area contributed by atoms with Crippen molar-refractivity contribution in [1.29, 1.82) is 0 Å². The molecule has 0 saturated heterocycles. The van der Waals surface area contributed by atoms with Gasteiger partial charge >= 0.3 is 0 Å². The minimum Gasteiger partial charge on any atom is -0.389 e. The molecule has 0 bridgehead atoms. The Morgan fingerprint density at radius 3 is 1.00 bits per heavy atom. The molecule has 3 aromatic carbocycles. The van der Waals surface area contributed by atoms with Crippen molar-refractivity contribution in [2.45, 2.75) is 24.9 Å². The van der Waals surface area contributed by atoms with Crippen LogP contribution >= 0.6 is 0 Å². The first-order chi connectivity index (χ1) is 11.2. The van der Waals surface area contributed by atoms with Crippen molar-refractivity contribution in [1.82, 2.24) is 0 Å². The summed E-state index contributed by atoms with van der Waals surface area (Å²) < 4.78 is 0. The molecule has 0 saturated carbocycles. The van der Waals surface area contributed by atoms with Gasteiger partial charge in [-0.2, -0.15) is 0 Å². The Kier molecular flexibility index (Phi) is 7.14. The van der Waals surface area contributed by atoms with Crippen LogP contribution in [0.1, 0.15) is 16.7 Å². The third kappa shape index (κ3) is 5.54. The smallest absolute Gasteiger partial charge is 0.0768 e. The van der Waals surface area contributed by atoms with Gasteiger partial charge in [-0.3, -0.25) is 0 Å². The van der Waals surface area contributed by atoms with Crippen LogP contribution in [-0.2, 0) is 45.1 Å². The summed E-state index contributed by atoms with van der Waals surface area (Å²) in [6.07, 6.45) is 1.95. The molecule has 0 fully saturated rings. The number of hydrogen-bond acceptors (Lipinski definition) is 1. The molecule has 0 aliphatic heterocycles. The second kappa shape index (κ2) is 9.10. The monoisotopic (exact) mass is 482 g/mol. The second-order valence-corrected chi connectivity index (χ2v) is 6.21. The zero-order valence-electron chi connectivity index (χ0n) is 13.7. The van der Waals surface area contributed by atoms with Gasteiger partial charge in [-0.1, -0.05) is 91.0 Å². The van der Waals surface area contributed by atoms with Crippen molar-refractivity contribution in [3.8, 4) is 0 Å². The second-order valence-electron chi connectivity index (χ2n) is 6.21. The summed E-state index contributed by atoms with van der Waals surface area (Å²) in [4.78, 5) is 0. The molecule has 2 heteroatoms. The first-order valence-electron chi connectivity index (χ1n) is 8.08. The van der Waals surface area contributed by atoms with Gasteiger partial charge in [0.25, 0.3) is 0 Å². The molecule has 0 heterocycles. The molecule has 3 aromatic rings. The summed E-state index contributed by atoms with van der Waals surface area (Å²) in [6, 6.07) is 30.7. The predicted molar refractivity (Wildman–Crippen MR) is 95.4 cm³/mol. The third-order valence-corrected chi connectivity index (χ3v) is 4.13. The van der Waals surface area contributed by atoms with Crippen molar-refractivity contribution in [2.24, 2.45) is 0 Å². The minimum absolute atomic E-state index is 0. The van der Waals surface area contributed by atoms with Crippen LogP contribution in [0, 0.1) is 0 Å². The van der Waals surface area contributed by atoms with Gasteiger partial charge < -0.3 is 5.11 Å². The van der Waals surface area contributed by atoms with Gasteiger partial charge in [0.2, 0.25) is 0 Å². The average Bonchev–Trinajstić information content (AvgIpc) is 2.57. The molecule has 120 valence electrons. The topological polar surface area (TPSA) is 20.2 Å². The molecule has 0 atom stereocenters. The van der Waals surface area contributed by atoms with Crippen LogP contribution in [0.4, 0.5) is 0 Å². The molecule has 0 aromatic heterocycles. The predicted octanol–water partition coefficient (Wildman–Crippen LogP) is 4.44. The fourth-order valence-electron chi connectivity index (χ4n) is 3.11. The van der Waals surface area contributed by atoms with Crippen molar-refractivity contribution in [3.05, 3.63) is 108 Å². The Bertz CT molecular complexity index is 609. The Balaban J connectivity index is 0.00000208. The van der Waals surface area contributed by atoms with E-state index in [1.807, 2.05) is 54.6 Å². The molecular weight excluding hydrogens is 459 g/mol. The van der Waals surface area contributed by atoms with Gasteiger partial charge in [0.1, 0.15) is 0 Å². The molecule has 0 amide bonds. The molecule has 0 spiro atoms. The molecule has 1 N–H and O–H groups in total. The largest absolute Gasteiger partial charge is 0.389 e. The van der Waals surface area contributed by atoms with E-state index >= 15 is 0 Å². The van der Waals surface area contributed by atoms with E-state index in [-0.39, 0.29) is 25.8 Å². The van der Waals surface area contributed by atoms with E-state index in [0.29, 0.717) is 19.3 Å². The summed E-state index contributed by atoms with van der Waals surface area (Å²) in [5, 5.41) is 11.4. The van der Waals surface area contributed by atoms with E-state index < -0.39 is 5.60 Å². The average molecular weight is 481 g/mol. The van der Waals surface area contributed by atoms with Crippen molar-refractivity contribution < 1.29 is 30.9 Å². The third-order valence-electron chi connectivity index (χ3n) is 4.13. The molecule has 0 aliphatic rings. The number of benzene rings is 3. The maximum absolute atomic E-state index is 11.4. The van der Waals surface area contributed by atoms with Crippen LogP contribution in [0.2, 0.25) is 0 Å². The van der Waals surface area contributed by atoms with E-state index in [0.717, 1.165) is 0 Å². The molecular formula is C22H22HfO. The van der Waals surface area contributed by atoms with Crippen LogP contribution < -0.4 is 0 Å². The Labute approximate surface area is 163 Å². The van der Waals surface area contributed by atoms with E-state index in [1.165, 1.54) is 16.7 Å². The van der Waals surface area contributed by atoms with Crippen molar-refractivity contribution >= 4 is 0 Å². The van der Waals surface area contributed by atoms with E-state index in [9.17, 15) is 5.11 Å². The number of rotatable bonds is 6. The van der Waals surface area contributed by atoms with Crippen LogP contribution in [0.3, 0.4) is 0 Å². The quantitative estimate of drug-likeness (QED) is 0.517. The first kappa shape index (κ1) is 18.8. The normalized spacial score (nSPS) is 10.9. The van der Waals surface area contributed by atoms with Crippen molar-refractivity contribution in [2.75, 3.05) is 0 Å². The molecule has 24 heavy (non-hydrogen) atoms. The van der Waals surface area contributed by atoms with Gasteiger partial charge in [0, 0.05) is 45.1 Å². The first-order valence-corrected chi connectivity index (χ1v) is 8.08. The Morgan fingerprint density at radius 2 is 0.750 bits per heavy atom. The summed E-state index contributed by atoms with van der Waals surface area (Å²) in [5.74, 6) is 0. The van der Waals surface area contributed by atoms with Crippen LogP contribution in [0.15, 0.2) is 91.0 Å². The fraction of sp³-hybridized carbons (Fsp3) is 0.182. The Morgan fingerprint density at radius 1 is 0.500 bits per heavy atom. The SMILES string of the molecule is OC(Cc1ccccc1)(Cc1ccccc1)Cc1ccccc1.[Hf]. The number of aliphatic hydroxyl groups is 1. The minimum atomic E-state index is -0.788. The van der Waals surface area contributed by atoms with Gasteiger partial charge in [-0.15, -0.1) is 0 Å². The van der Waals surface area contributed by atoms with Crippen LogP contribution in [-0.4, -0.2) is 10.7 Å². The van der Waals surface area contributed by atoms with Gasteiger partial charge in [0.15, 0.2) is 0 Å². The maximum atomic E-state index is 11.4. The van der Waals surface area contributed by atoms with E-state index in [4.69, 9.17) is 0 Å². The van der Waals surface area contributed by atoms with E-state index in [1.54, 1.807) is 0 Å². The fourth-order valence-corrected chi connectivity index (χ4v) is 3.11. The van der Waals surface area contributed by atoms with Gasteiger partial charge in [0.05, 0.1) is 5.60 Å². The molecule has 3 rings (SSSR count). The maximum Gasteiger partial charge on any atom is 0.0768 e. The zero-order valence-corrected chi connectivity index (χ0v) is 17.3. The van der Waals surface area contributed by atoms with Gasteiger partial charge in [-0.25, -0.2) is 0 Å². The summed E-state index contributed by atoms with van der Waals surface area (Å²) in [7, 11) is 0. The molecule has 0 radical (unpaired) electrons. The molecule has 0 aliphatic carbocycles. The Hall–Kier alpha value is -1.51. The van der Waals surface area contributed by atoms with Crippen molar-refractivity contribution in [3.63, 3.8) is 0 Å². The van der Waals surface area contributed by atoms with Crippen LogP contribution in [0.25, 0.3) is 0 Å². The standard InChI is InChI=1S/C22H22O.Hf/c23-22(16-19-10-4-1-5-11-19,17-20-12-6-2-7-13-20)18-21-14-8-3-9-15-21;/h1-15,23H,16-18H2;. The van der Waals surface area contributed by atoms with E-state index in [2.05, 4.69) is 36.4 Å².